The van der Waals surface area contributed by atoms with Gasteiger partial charge < -0.3 is 5.32 Å². The molecular formula is C24H24ClN3OS3. The molecule has 0 fully saturated rings. The Labute approximate surface area is 206 Å². The highest BCUT2D eigenvalue weighted by molar-refractivity contribution is 7.98. The van der Waals surface area contributed by atoms with E-state index >= 15 is 0 Å². The molecule has 5 rings (SSSR count). The molecule has 0 spiro atoms. The average Bonchev–Trinajstić information content (AvgIpc) is 3.38. The van der Waals surface area contributed by atoms with Gasteiger partial charge in [0.05, 0.1) is 10.2 Å². The number of hydrogen-bond acceptors (Lipinski definition) is 6. The molecule has 0 aliphatic carbocycles. The van der Waals surface area contributed by atoms with Gasteiger partial charge in [-0.2, -0.15) is 0 Å². The normalized spacial score (nSPS) is 13.6. The molecule has 1 amide bonds. The lowest BCUT2D eigenvalue weighted by atomic mass is 10.0. The number of anilines is 1. The molecule has 3 heterocycles. The Morgan fingerprint density at radius 3 is 2.81 bits per heavy atom. The summed E-state index contributed by atoms with van der Waals surface area (Å²) >= 11 is 5.05. The summed E-state index contributed by atoms with van der Waals surface area (Å²) in [5, 5.41) is 5.14. The van der Waals surface area contributed by atoms with Crippen LogP contribution in [-0.4, -0.2) is 35.1 Å². The topological polar surface area (TPSA) is 45.2 Å². The molecule has 0 saturated carbocycles. The van der Waals surface area contributed by atoms with Crippen LogP contribution in [0.1, 0.15) is 27.7 Å². The summed E-state index contributed by atoms with van der Waals surface area (Å²) in [6, 6.07) is 16.0. The van der Waals surface area contributed by atoms with Gasteiger partial charge in [0.25, 0.3) is 5.91 Å². The van der Waals surface area contributed by atoms with Crippen LogP contribution < -0.4 is 5.32 Å². The molecule has 0 radical (unpaired) electrons. The van der Waals surface area contributed by atoms with Crippen LogP contribution in [0.2, 0.25) is 0 Å². The first-order valence-corrected chi connectivity index (χ1v) is 13.2. The zero-order chi connectivity index (χ0) is 21.4. The van der Waals surface area contributed by atoms with Crippen molar-refractivity contribution in [1.29, 1.82) is 0 Å². The second-order valence-corrected chi connectivity index (χ2v) is 10.5. The van der Waals surface area contributed by atoms with Crippen LogP contribution >= 0.6 is 46.8 Å². The maximum atomic E-state index is 13.1. The first-order valence-electron chi connectivity index (χ1n) is 10.3. The van der Waals surface area contributed by atoms with Crippen LogP contribution in [0.3, 0.4) is 0 Å². The Bertz CT molecular complexity index is 1230. The van der Waals surface area contributed by atoms with Crippen molar-refractivity contribution in [3.05, 3.63) is 64.5 Å². The number of fused-ring (bicyclic) bond motifs is 2. The number of carbonyl (C=O) groups excluding carboxylic acids is 1. The van der Waals surface area contributed by atoms with Crippen molar-refractivity contribution in [2.75, 3.05) is 24.7 Å². The number of benzene rings is 2. The van der Waals surface area contributed by atoms with E-state index < -0.39 is 0 Å². The first-order chi connectivity index (χ1) is 15.2. The molecule has 166 valence electrons. The van der Waals surface area contributed by atoms with Gasteiger partial charge in [-0.05, 0) is 55.1 Å². The fourth-order valence-corrected chi connectivity index (χ4v) is 6.81. The van der Waals surface area contributed by atoms with Crippen LogP contribution in [0.15, 0.2) is 53.4 Å². The predicted octanol–water partition coefficient (Wildman–Crippen LogP) is 6.80. The number of thioether (sulfide) groups is 1. The lowest BCUT2D eigenvalue weighted by Gasteiger charge is -2.25. The molecule has 1 aliphatic heterocycles. The fourth-order valence-electron chi connectivity index (χ4n) is 3.96. The first kappa shape index (κ1) is 23.3. The number of thiazole rings is 1. The van der Waals surface area contributed by atoms with E-state index in [9.17, 15) is 4.79 Å². The van der Waals surface area contributed by atoms with Crippen molar-refractivity contribution in [1.82, 2.24) is 9.88 Å². The van der Waals surface area contributed by atoms with Gasteiger partial charge in [-0.3, -0.25) is 9.69 Å². The van der Waals surface area contributed by atoms with E-state index in [-0.39, 0.29) is 18.3 Å². The molecule has 2 aromatic heterocycles. The monoisotopic (exact) mass is 501 g/mol. The summed E-state index contributed by atoms with van der Waals surface area (Å²) in [6.45, 7) is 5.22. The molecule has 32 heavy (non-hydrogen) atoms. The molecule has 0 saturated heterocycles. The number of carbonyl (C=O) groups is 1. The van der Waals surface area contributed by atoms with Crippen molar-refractivity contribution < 1.29 is 4.79 Å². The summed E-state index contributed by atoms with van der Waals surface area (Å²) in [4.78, 5) is 22.9. The number of thiophene rings is 1. The van der Waals surface area contributed by atoms with Crippen LogP contribution in [0.4, 0.5) is 5.00 Å². The Kier molecular flexibility index (Phi) is 7.22. The smallest absolute Gasteiger partial charge is 0.256 e. The summed E-state index contributed by atoms with van der Waals surface area (Å²) in [6.07, 6.45) is 3.01. The number of aromatic nitrogens is 1. The van der Waals surface area contributed by atoms with Gasteiger partial charge in [-0.25, -0.2) is 4.98 Å². The number of amides is 1. The summed E-state index contributed by atoms with van der Waals surface area (Å²) in [5.41, 5.74) is 4.16. The number of para-hydroxylation sites is 1. The van der Waals surface area contributed by atoms with Crippen molar-refractivity contribution in [2.24, 2.45) is 0 Å². The third-order valence-electron chi connectivity index (χ3n) is 5.65. The largest absolute Gasteiger partial charge is 0.313 e. The van der Waals surface area contributed by atoms with Gasteiger partial charge >= 0.3 is 0 Å². The van der Waals surface area contributed by atoms with E-state index in [0.717, 1.165) is 52.0 Å². The molecule has 0 unspecified atom stereocenters. The minimum Gasteiger partial charge on any atom is -0.313 e. The van der Waals surface area contributed by atoms with E-state index in [0.29, 0.717) is 5.56 Å². The molecule has 8 heteroatoms. The molecule has 1 aliphatic rings. The highest BCUT2D eigenvalue weighted by atomic mass is 35.5. The highest BCUT2D eigenvalue weighted by Crippen LogP contribution is 2.45. The van der Waals surface area contributed by atoms with Gasteiger partial charge in [0.1, 0.15) is 10.0 Å². The molecule has 0 atom stereocenters. The van der Waals surface area contributed by atoms with E-state index in [1.807, 2.05) is 42.7 Å². The second-order valence-electron chi connectivity index (χ2n) is 7.50. The number of nitrogens with one attached hydrogen (secondary N) is 1. The van der Waals surface area contributed by atoms with E-state index in [1.54, 1.807) is 34.4 Å². The van der Waals surface area contributed by atoms with Crippen LogP contribution in [-0.2, 0) is 13.0 Å². The zero-order valence-corrected chi connectivity index (χ0v) is 21.1. The second kappa shape index (κ2) is 9.93. The number of likely N-dealkylation sites (N-methyl/N-ethyl adjacent to an activating group) is 1. The number of halogens is 1. The molecule has 0 bridgehead atoms. The van der Waals surface area contributed by atoms with E-state index in [1.165, 1.54) is 15.1 Å². The summed E-state index contributed by atoms with van der Waals surface area (Å²) in [7, 11) is 0. The SMILES string of the molecule is CCN1CCc2c(sc(NC(=O)c3cccc(SC)c3)c2-c2nc3ccccc3s2)C1.Cl. The molecular weight excluding hydrogens is 478 g/mol. The molecule has 4 aromatic rings. The van der Waals surface area contributed by atoms with E-state index in [2.05, 4.69) is 29.3 Å². The highest BCUT2D eigenvalue weighted by Gasteiger charge is 2.27. The maximum absolute atomic E-state index is 13.1. The van der Waals surface area contributed by atoms with Gasteiger partial charge in [0, 0.05) is 34.0 Å². The standard InChI is InChI=1S/C24H23N3OS3.ClH/c1-3-27-12-11-17-20(14-27)31-24(26-22(28)15-7-6-8-16(13-15)29-2)21(17)23-25-18-9-4-5-10-19(18)30-23;/h4-10,13H,3,11-12,14H2,1-2H3,(H,26,28);1H. The van der Waals surface area contributed by atoms with E-state index in [4.69, 9.17) is 4.98 Å². The van der Waals surface area contributed by atoms with Gasteiger partial charge in [-0.1, -0.05) is 25.1 Å². The lowest BCUT2D eigenvalue weighted by Crippen LogP contribution is -2.29. The Balaban J connectivity index is 0.00000245. The summed E-state index contributed by atoms with van der Waals surface area (Å²) < 4.78 is 1.17. The van der Waals surface area contributed by atoms with Crippen LogP contribution in [0.5, 0.6) is 0 Å². The summed E-state index contributed by atoms with van der Waals surface area (Å²) in [5.74, 6) is -0.0656. The minimum absolute atomic E-state index is 0. The van der Waals surface area contributed by atoms with Crippen molar-refractivity contribution in [3.63, 3.8) is 0 Å². The van der Waals surface area contributed by atoms with Crippen molar-refractivity contribution in [2.45, 2.75) is 24.8 Å². The molecule has 1 N–H and O–H groups in total. The minimum atomic E-state index is -0.0656. The lowest BCUT2D eigenvalue weighted by molar-refractivity contribution is 0.102. The maximum Gasteiger partial charge on any atom is 0.256 e. The van der Waals surface area contributed by atoms with Gasteiger partial charge in [-0.15, -0.1) is 46.8 Å². The van der Waals surface area contributed by atoms with Gasteiger partial charge in [0.15, 0.2) is 0 Å². The average molecular weight is 502 g/mol. The number of hydrogen-bond donors (Lipinski definition) is 1. The van der Waals surface area contributed by atoms with Crippen LogP contribution in [0, 0.1) is 0 Å². The van der Waals surface area contributed by atoms with Crippen molar-refractivity contribution in [3.8, 4) is 10.6 Å². The quantitative estimate of drug-likeness (QED) is 0.305. The Hall–Kier alpha value is -1.90. The van der Waals surface area contributed by atoms with Crippen LogP contribution in [0.25, 0.3) is 20.8 Å². The van der Waals surface area contributed by atoms with Crippen molar-refractivity contribution >= 4 is 68.0 Å². The Morgan fingerprint density at radius 1 is 1.19 bits per heavy atom. The van der Waals surface area contributed by atoms with Gasteiger partial charge in [0.2, 0.25) is 0 Å². The zero-order valence-electron chi connectivity index (χ0n) is 17.9. The number of nitrogens with zero attached hydrogens (tertiary/aromatic N) is 2. The fraction of sp³-hybridized carbons (Fsp3) is 0.250. The predicted molar refractivity (Wildman–Crippen MR) is 141 cm³/mol. The Morgan fingerprint density at radius 2 is 2.03 bits per heavy atom. The third kappa shape index (κ3) is 4.45. The molecule has 2 aromatic carbocycles. The third-order valence-corrected chi connectivity index (χ3v) is 8.56. The number of rotatable bonds is 5. The molecule has 4 nitrogen and oxygen atoms in total.